The number of hydrogen-bond donors (Lipinski definition) is 0. The third-order valence-corrected chi connectivity index (χ3v) is 5.50. The summed E-state index contributed by atoms with van der Waals surface area (Å²) >= 11 is 0. The number of hydrogen-bond acceptors (Lipinski definition) is 5. The van der Waals surface area contributed by atoms with Gasteiger partial charge in [0.15, 0.2) is 0 Å². The molecule has 1 aromatic rings. The summed E-state index contributed by atoms with van der Waals surface area (Å²) in [5.74, 6) is 3.25. The van der Waals surface area contributed by atoms with Crippen molar-refractivity contribution in [1.82, 2.24) is 9.88 Å². The molecule has 6 heteroatoms. The Bertz CT molecular complexity index is 661. The lowest BCUT2D eigenvalue weighted by atomic mass is 10.0. The summed E-state index contributed by atoms with van der Waals surface area (Å²) in [6, 6.07) is 2.15. The Hall–Kier alpha value is -2.03. The van der Waals surface area contributed by atoms with Crippen LogP contribution in [0.4, 0.5) is 5.88 Å². The molecule has 3 aliphatic rings. The van der Waals surface area contributed by atoms with Crippen molar-refractivity contribution in [2.45, 2.75) is 44.9 Å². The van der Waals surface area contributed by atoms with Crippen LogP contribution in [0, 0.1) is 23.2 Å². The molecule has 6 nitrogen and oxygen atoms in total. The molecule has 128 valence electrons. The highest BCUT2D eigenvalue weighted by atomic mass is 16.4. The van der Waals surface area contributed by atoms with Gasteiger partial charge in [-0.2, -0.15) is 5.26 Å². The number of carbonyl (C=O) groups is 1. The highest BCUT2D eigenvalue weighted by molar-refractivity contribution is 5.76. The molecule has 0 unspecified atom stereocenters. The van der Waals surface area contributed by atoms with E-state index in [0.717, 1.165) is 18.8 Å². The van der Waals surface area contributed by atoms with Gasteiger partial charge in [0, 0.05) is 38.5 Å². The van der Waals surface area contributed by atoms with E-state index in [2.05, 4.69) is 22.9 Å². The molecular weight excluding hydrogens is 304 g/mol. The van der Waals surface area contributed by atoms with Crippen LogP contribution >= 0.6 is 0 Å². The van der Waals surface area contributed by atoms with E-state index in [9.17, 15) is 10.1 Å². The van der Waals surface area contributed by atoms with Crippen LogP contribution in [-0.4, -0.2) is 42.0 Å². The van der Waals surface area contributed by atoms with Crippen molar-refractivity contribution in [2.24, 2.45) is 11.8 Å². The Kier molecular flexibility index (Phi) is 3.95. The standard InChI is InChI=1S/C18H24N4O2/c1-12(13-2-3-13)10-16(23)21-6-8-22(9-7-21)18-15(11-19)20-17(24-18)14-4-5-14/h12-14H,2-10H2,1H3/t12-/m1/s1. The monoisotopic (exact) mass is 328 g/mol. The van der Waals surface area contributed by atoms with Crippen molar-refractivity contribution in [1.29, 1.82) is 5.26 Å². The quantitative estimate of drug-likeness (QED) is 0.830. The predicted molar refractivity (Wildman–Crippen MR) is 88.5 cm³/mol. The molecular formula is C18H24N4O2. The normalized spacial score (nSPS) is 22.3. The molecule has 4 rings (SSSR count). The van der Waals surface area contributed by atoms with E-state index in [0.29, 0.717) is 61.9 Å². The third-order valence-electron chi connectivity index (χ3n) is 5.50. The average Bonchev–Trinajstić information content (AvgIpc) is 3.51. The minimum absolute atomic E-state index is 0.269. The van der Waals surface area contributed by atoms with Gasteiger partial charge in [-0.1, -0.05) is 6.92 Å². The van der Waals surface area contributed by atoms with Gasteiger partial charge >= 0.3 is 0 Å². The van der Waals surface area contributed by atoms with Crippen molar-refractivity contribution >= 4 is 11.8 Å². The van der Waals surface area contributed by atoms with Crippen molar-refractivity contribution < 1.29 is 9.21 Å². The highest BCUT2D eigenvalue weighted by Gasteiger charge is 2.34. The van der Waals surface area contributed by atoms with Gasteiger partial charge in [-0.05, 0) is 37.5 Å². The number of nitrogens with zero attached hydrogens (tertiary/aromatic N) is 4. The lowest BCUT2D eigenvalue weighted by molar-refractivity contribution is -0.132. The van der Waals surface area contributed by atoms with E-state index in [-0.39, 0.29) is 5.91 Å². The van der Waals surface area contributed by atoms with Crippen molar-refractivity contribution in [3.05, 3.63) is 11.6 Å². The van der Waals surface area contributed by atoms with Crippen molar-refractivity contribution in [2.75, 3.05) is 31.1 Å². The van der Waals surface area contributed by atoms with Crippen LogP contribution in [0.25, 0.3) is 0 Å². The maximum absolute atomic E-state index is 12.4. The maximum Gasteiger partial charge on any atom is 0.234 e. The predicted octanol–water partition coefficient (Wildman–Crippen LogP) is 2.51. The number of aromatic nitrogens is 1. The third kappa shape index (κ3) is 3.12. The van der Waals surface area contributed by atoms with Gasteiger partial charge in [0.2, 0.25) is 23.4 Å². The fourth-order valence-electron chi connectivity index (χ4n) is 3.52. The Morgan fingerprint density at radius 2 is 2.00 bits per heavy atom. The first kappa shape index (κ1) is 15.5. The van der Waals surface area contributed by atoms with Crippen LogP contribution in [-0.2, 0) is 4.79 Å². The number of anilines is 1. The molecule has 24 heavy (non-hydrogen) atoms. The maximum atomic E-state index is 12.4. The molecule has 2 heterocycles. The molecule has 1 atom stereocenters. The fourth-order valence-corrected chi connectivity index (χ4v) is 3.52. The summed E-state index contributed by atoms with van der Waals surface area (Å²) in [6.45, 7) is 5.00. The number of rotatable bonds is 5. The van der Waals surface area contributed by atoms with Gasteiger partial charge in [-0.3, -0.25) is 4.79 Å². The van der Waals surface area contributed by atoms with Crippen LogP contribution in [0.2, 0.25) is 0 Å². The van der Waals surface area contributed by atoms with Gasteiger partial charge in [0.05, 0.1) is 0 Å². The summed E-state index contributed by atoms with van der Waals surface area (Å²) in [4.78, 5) is 20.8. The Balaban J connectivity index is 1.35. The molecule has 0 aromatic carbocycles. The number of piperazine rings is 1. The van der Waals surface area contributed by atoms with E-state index in [1.807, 2.05) is 4.90 Å². The highest BCUT2D eigenvalue weighted by Crippen LogP contribution is 2.41. The minimum Gasteiger partial charge on any atom is -0.423 e. The molecule has 0 bridgehead atoms. The SMILES string of the molecule is C[C@H](CC(=O)N1CCN(c2oc(C3CC3)nc2C#N)CC1)C1CC1. The second-order valence-electron chi connectivity index (χ2n) is 7.48. The van der Waals surface area contributed by atoms with Crippen LogP contribution < -0.4 is 4.90 Å². The molecule has 0 spiro atoms. The van der Waals surface area contributed by atoms with Crippen LogP contribution in [0.15, 0.2) is 4.42 Å². The summed E-state index contributed by atoms with van der Waals surface area (Å²) in [5.41, 5.74) is 0.388. The lowest BCUT2D eigenvalue weighted by Gasteiger charge is -2.35. The number of carbonyl (C=O) groups excluding carboxylic acids is 1. The molecule has 0 N–H and O–H groups in total. The van der Waals surface area contributed by atoms with Gasteiger partial charge in [0.1, 0.15) is 6.07 Å². The van der Waals surface area contributed by atoms with E-state index >= 15 is 0 Å². The second-order valence-corrected chi connectivity index (χ2v) is 7.48. The first-order valence-corrected chi connectivity index (χ1v) is 9.09. The second kappa shape index (κ2) is 6.12. The molecule has 0 radical (unpaired) electrons. The molecule has 1 aliphatic heterocycles. The van der Waals surface area contributed by atoms with Crippen molar-refractivity contribution in [3.8, 4) is 6.07 Å². The van der Waals surface area contributed by atoms with Crippen LogP contribution in [0.3, 0.4) is 0 Å². The zero-order valence-corrected chi connectivity index (χ0v) is 14.2. The first-order valence-electron chi connectivity index (χ1n) is 9.09. The number of oxazole rings is 1. The van der Waals surface area contributed by atoms with Crippen molar-refractivity contribution in [3.63, 3.8) is 0 Å². The molecule has 2 saturated carbocycles. The van der Waals surface area contributed by atoms with E-state index in [1.165, 1.54) is 12.8 Å². The lowest BCUT2D eigenvalue weighted by Crippen LogP contribution is -2.49. The molecule has 1 amide bonds. The summed E-state index contributed by atoms with van der Waals surface area (Å²) in [6.07, 6.45) is 5.45. The van der Waals surface area contributed by atoms with E-state index in [1.54, 1.807) is 0 Å². The topological polar surface area (TPSA) is 73.4 Å². The Morgan fingerprint density at radius 3 is 2.58 bits per heavy atom. The van der Waals surface area contributed by atoms with Crippen LogP contribution in [0.5, 0.6) is 0 Å². The summed E-state index contributed by atoms with van der Waals surface area (Å²) < 4.78 is 5.86. The summed E-state index contributed by atoms with van der Waals surface area (Å²) in [5, 5.41) is 9.30. The van der Waals surface area contributed by atoms with Gasteiger partial charge in [-0.15, -0.1) is 0 Å². The average molecular weight is 328 g/mol. The molecule has 1 saturated heterocycles. The van der Waals surface area contributed by atoms with Gasteiger partial charge in [0.25, 0.3) is 0 Å². The van der Waals surface area contributed by atoms with E-state index < -0.39 is 0 Å². The number of amides is 1. The molecule has 1 aromatic heterocycles. The smallest absolute Gasteiger partial charge is 0.234 e. The largest absolute Gasteiger partial charge is 0.423 e. The fraction of sp³-hybridized carbons (Fsp3) is 0.722. The zero-order valence-electron chi connectivity index (χ0n) is 14.2. The van der Waals surface area contributed by atoms with Gasteiger partial charge in [-0.25, -0.2) is 4.98 Å². The summed E-state index contributed by atoms with van der Waals surface area (Å²) in [7, 11) is 0. The van der Waals surface area contributed by atoms with E-state index in [4.69, 9.17) is 4.42 Å². The molecule has 2 aliphatic carbocycles. The Labute approximate surface area is 142 Å². The first-order chi connectivity index (χ1) is 11.7. The zero-order chi connectivity index (χ0) is 16.7. The van der Waals surface area contributed by atoms with Crippen LogP contribution in [0.1, 0.15) is 56.5 Å². The molecule has 3 fully saturated rings. The number of nitriles is 1. The Morgan fingerprint density at radius 1 is 1.29 bits per heavy atom. The minimum atomic E-state index is 0.269. The van der Waals surface area contributed by atoms with Gasteiger partial charge < -0.3 is 14.2 Å².